The largest absolute Gasteiger partial charge is 0.508 e. The van der Waals surface area contributed by atoms with Crippen LogP contribution in [0.4, 0.5) is 0 Å². The summed E-state index contributed by atoms with van der Waals surface area (Å²) < 4.78 is 4.92. The van der Waals surface area contributed by atoms with Crippen molar-refractivity contribution < 1.29 is 19.7 Å². The first kappa shape index (κ1) is 8.07. The molecule has 2 atom stereocenters. The molecule has 1 saturated heterocycles. The van der Waals surface area contributed by atoms with Crippen molar-refractivity contribution >= 4 is 5.97 Å². The van der Waals surface area contributed by atoms with Gasteiger partial charge in [0.1, 0.15) is 11.9 Å². The van der Waals surface area contributed by atoms with Gasteiger partial charge in [-0.05, 0) is 17.7 Å². The summed E-state index contributed by atoms with van der Waals surface area (Å²) in [7, 11) is 0. The van der Waals surface area contributed by atoms with E-state index in [1.165, 1.54) is 12.1 Å². The Bertz CT molecular complexity index is 330. The van der Waals surface area contributed by atoms with E-state index in [0.29, 0.717) is 0 Å². The molecule has 0 aromatic heterocycles. The van der Waals surface area contributed by atoms with E-state index >= 15 is 0 Å². The van der Waals surface area contributed by atoms with Crippen molar-refractivity contribution in [3.05, 3.63) is 29.8 Å². The number of aromatic hydroxyl groups is 1. The average molecular weight is 180 g/mol. The Balaban J connectivity index is 2.12. The molecule has 0 saturated carbocycles. The van der Waals surface area contributed by atoms with Gasteiger partial charge in [-0.15, -0.1) is 0 Å². The molecule has 4 nitrogen and oxygen atoms in total. The molecule has 0 bridgehead atoms. The van der Waals surface area contributed by atoms with Crippen molar-refractivity contribution in [2.24, 2.45) is 0 Å². The van der Waals surface area contributed by atoms with E-state index in [9.17, 15) is 4.79 Å². The molecule has 13 heavy (non-hydrogen) atoms. The highest BCUT2D eigenvalue weighted by Gasteiger charge is 2.46. The smallest absolute Gasteiger partial charge is 0.335 e. The van der Waals surface area contributed by atoms with Crippen LogP contribution in [0.2, 0.25) is 0 Å². The van der Waals surface area contributed by atoms with Crippen molar-refractivity contribution in [2.75, 3.05) is 0 Å². The zero-order valence-electron chi connectivity index (χ0n) is 6.68. The van der Waals surface area contributed by atoms with Gasteiger partial charge in [0.05, 0.1) is 0 Å². The number of hydrogen-bond acceptors (Lipinski definition) is 3. The zero-order valence-corrected chi connectivity index (χ0v) is 6.68. The van der Waals surface area contributed by atoms with E-state index in [1.54, 1.807) is 12.1 Å². The Morgan fingerprint density at radius 3 is 2.38 bits per heavy atom. The van der Waals surface area contributed by atoms with Crippen LogP contribution in [0.25, 0.3) is 0 Å². The van der Waals surface area contributed by atoms with Gasteiger partial charge in [-0.2, -0.15) is 0 Å². The summed E-state index contributed by atoms with van der Waals surface area (Å²) >= 11 is 0. The van der Waals surface area contributed by atoms with Crippen LogP contribution in [0.5, 0.6) is 5.75 Å². The molecule has 1 aliphatic rings. The summed E-state index contributed by atoms with van der Waals surface area (Å²) in [6, 6.07) is 6.33. The Hall–Kier alpha value is -1.55. The predicted octanol–water partition coefficient (Wildman–Crippen LogP) is 0.917. The number of epoxide rings is 1. The van der Waals surface area contributed by atoms with Crippen molar-refractivity contribution in [3.63, 3.8) is 0 Å². The number of hydrogen-bond donors (Lipinski definition) is 2. The van der Waals surface area contributed by atoms with Gasteiger partial charge in [0, 0.05) is 0 Å². The highest BCUT2D eigenvalue weighted by Crippen LogP contribution is 2.38. The van der Waals surface area contributed by atoms with Gasteiger partial charge in [0.2, 0.25) is 0 Å². The molecule has 1 aromatic carbocycles. The van der Waals surface area contributed by atoms with E-state index in [0.717, 1.165) is 5.56 Å². The maximum Gasteiger partial charge on any atom is 0.335 e. The Morgan fingerprint density at radius 2 is 1.92 bits per heavy atom. The second-order valence-electron chi connectivity index (χ2n) is 2.91. The van der Waals surface area contributed by atoms with Crippen LogP contribution < -0.4 is 0 Å². The first-order valence-electron chi connectivity index (χ1n) is 3.85. The van der Waals surface area contributed by atoms with Gasteiger partial charge in [-0.25, -0.2) is 4.79 Å². The van der Waals surface area contributed by atoms with Gasteiger partial charge in [-0.3, -0.25) is 0 Å². The summed E-state index contributed by atoms with van der Waals surface area (Å²) in [5.74, 6) is -0.783. The third-order valence-electron chi connectivity index (χ3n) is 1.96. The third kappa shape index (κ3) is 1.48. The second kappa shape index (κ2) is 2.74. The fourth-order valence-corrected chi connectivity index (χ4v) is 1.22. The van der Waals surface area contributed by atoms with Gasteiger partial charge in [-0.1, -0.05) is 12.1 Å². The summed E-state index contributed by atoms with van der Waals surface area (Å²) in [5.41, 5.74) is 0.783. The average Bonchev–Trinajstić information content (AvgIpc) is 2.85. The van der Waals surface area contributed by atoms with E-state index < -0.39 is 12.1 Å². The number of phenols is 1. The standard InChI is InChI=1S/C9H8O4/c10-6-3-1-5(2-4-6)7-8(13-7)9(11)12/h1-4,7-8,10H,(H,11,12). The number of carboxylic acid groups (broad SMARTS) is 1. The van der Waals surface area contributed by atoms with Crippen LogP contribution in [0.15, 0.2) is 24.3 Å². The van der Waals surface area contributed by atoms with E-state index in [1.807, 2.05) is 0 Å². The molecule has 68 valence electrons. The molecule has 1 fully saturated rings. The molecule has 2 N–H and O–H groups in total. The molecule has 1 heterocycles. The molecular formula is C9H8O4. The number of ether oxygens (including phenoxy) is 1. The minimum Gasteiger partial charge on any atom is -0.508 e. The number of carboxylic acids is 1. The van der Waals surface area contributed by atoms with Crippen molar-refractivity contribution in [1.29, 1.82) is 0 Å². The Labute approximate surface area is 74.4 Å². The number of aliphatic carboxylic acids is 1. The number of benzene rings is 1. The lowest BCUT2D eigenvalue weighted by Gasteiger charge is -1.94. The number of rotatable bonds is 2. The maximum atomic E-state index is 10.4. The molecule has 1 aliphatic heterocycles. The minimum absolute atomic E-state index is 0.163. The van der Waals surface area contributed by atoms with Crippen molar-refractivity contribution in [3.8, 4) is 5.75 Å². The molecule has 0 spiro atoms. The molecule has 2 rings (SSSR count). The predicted molar refractivity (Wildman–Crippen MR) is 43.4 cm³/mol. The first-order valence-corrected chi connectivity index (χ1v) is 3.85. The van der Waals surface area contributed by atoms with Crippen LogP contribution in [-0.4, -0.2) is 22.3 Å². The third-order valence-corrected chi connectivity index (χ3v) is 1.96. The molecule has 0 radical (unpaired) electrons. The van der Waals surface area contributed by atoms with Crippen molar-refractivity contribution in [1.82, 2.24) is 0 Å². The van der Waals surface area contributed by atoms with Crippen LogP contribution in [0, 0.1) is 0 Å². The quantitative estimate of drug-likeness (QED) is 0.664. The van der Waals surface area contributed by atoms with Crippen LogP contribution in [-0.2, 0) is 9.53 Å². The fourth-order valence-electron chi connectivity index (χ4n) is 1.22. The topological polar surface area (TPSA) is 70.1 Å². The lowest BCUT2D eigenvalue weighted by atomic mass is 10.1. The zero-order chi connectivity index (χ0) is 9.42. The highest BCUT2D eigenvalue weighted by atomic mass is 16.6. The number of phenolic OH excluding ortho intramolecular Hbond substituents is 1. The van der Waals surface area contributed by atoms with Crippen molar-refractivity contribution in [2.45, 2.75) is 12.2 Å². The van der Waals surface area contributed by atoms with Gasteiger partial charge < -0.3 is 14.9 Å². The highest BCUT2D eigenvalue weighted by molar-refractivity contribution is 5.76. The normalized spacial score (nSPS) is 25.5. The molecule has 2 unspecified atom stereocenters. The van der Waals surface area contributed by atoms with E-state index in [2.05, 4.69) is 0 Å². The molecule has 4 heteroatoms. The monoisotopic (exact) mass is 180 g/mol. The van der Waals surface area contributed by atoms with E-state index in [4.69, 9.17) is 14.9 Å². The lowest BCUT2D eigenvalue weighted by Crippen LogP contribution is -2.04. The minimum atomic E-state index is -0.946. The van der Waals surface area contributed by atoms with Crippen LogP contribution >= 0.6 is 0 Å². The van der Waals surface area contributed by atoms with Gasteiger partial charge in [0.25, 0.3) is 0 Å². The summed E-state index contributed by atoms with van der Waals surface area (Å²) in [4.78, 5) is 10.4. The van der Waals surface area contributed by atoms with Crippen LogP contribution in [0.3, 0.4) is 0 Å². The number of carbonyl (C=O) groups is 1. The Kier molecular flexibility index (Phi) is 1.70. The molecule has 1 aromatic rings. The van der Waals surface area contributed by atoms with E-state index in [-0.39, 0.29) is 11.9 Å². The lowest BCUT2D eigenvalue weighted by molar-refractivity contribution is -0.138. The Morgan fingerprint density at radius 1 is 1.31 bits per heavy atom. The SMILES string of the molecule is O=C(O)C1OC1c1ccc(O)cc1. The molecule has 0 aliphatic carbocycles. The summed E-state index contributed by atoms with van der Waals surface area (Å²) in [6.45, 7) is 0. The molecule has 0 amide bonds. The summed E-state index contributed by atoms with van der Waals surface area (Å²) in [5, 5.41) is 17.5. The fraction of sp³-hybridized carbons (Fsp3) is 0.222. The molecular weight excluding hydrogens is 172 g/mol. The summed E-state index contributed by atoms with van der Waals surface area (Å²) in [6.07, 6.45) is -1.07. The van der Waals surface area contributed by atoms with Gasteiger partial charge in [0.15, 0.2) is 6.10 Å². The van der Waals surface area contributed by atoms with Gasteiger partial charge >= 0.3 is 5.97 Å². The second-order valence-corrected chi connectivity index (χ2v) is 2.91. The van der Waals surface area contributed by atoms with Crippen LogP contribution in [0.1, 0.15) is 11.7 Å². The maximum absolute atomic E-state index is 10.4. The first-order chi connectivity index (χ1) is 6.18.